The van der Waals surface area contributed by atoms with Crippen LogP contribution in [0, 0.1) is 0 Å². The Hall–Kier alpha value is 0.210. The van der Waals surface area contributed by atoms with E-state index < -0.39 is 0 Å². The number of nitrogens with one attached hydrogen (secondary N) is 1. The highest BCUT2D eigenvalue weighted by molar-refractivity contribution is 5.85. The summed E-state index contributed by atoms with van der Waals surface area (Å²) < 4.78 is 4.83. The van der Waals surface area contributed by atoms with E-state index in [-0.39, 0.29) is 12.4 Å². The fourth-order valence-corrected chi connectivity index (χ4v) is 0.333. The second-order valence-corrected chi connectivity index (χ2v) is 1.65. The number of methoxy groups -OCH3 is 1. The molecule has 8 heavy (non-hydrogen) atoms. The minimum Gasteiger partial charge on any atom is -0.383 e. The van der Waals surface area contributed by atoms with Crippen molar-refractivity contribution in [3.05, 3.63) is 0 Å². The maximum atomic E-state index is 4.83. The molecule has 0 aromatic heterocycles. The lowest BCUT2D eigenvalue weighted by Crippen LogP contribution is -2.25. The normalized spacial score (nSPS) is 12.4. The van der Waals surface area contributed by atoms with Crippen molar-refractivity contribution in [3.63, 3.8) is 0 Å². The number of ether oxygens (including phenoxy) is 1. The molecule has 0 saturated heterocycles. The van der Waals surface area contributed by atoms with Crippen LogP contribution in [0.1, 0.15) is 6.92 Å². The predicted octanol–water partition coefficient (Wildman–Crippen LogP) is 0.662. The van der Waals surface area contributed by atoms with E-state index in [0.29, 0.717) is 6.04 Å². The second-order valence-electron chi connectivity index (χ2n) is 1.65. The first-order valence-corrected chi connectivity index (χ1v) is 2.47. The zero-order chi connectivity index (χ0) is 5.70. The van der Waals surface area contributed by atoms with Crippen LogP contribution in [0.15, 0.2) is 0 Å². The van der Waals surface area contributed by atoms with Crippen molar-refractivity contribution >= 4 is 12.4 Å². The molecule has 0 aliphatic carbocycles. The van der Waals surface area contributed by atoms with Crippen LogP contribution in [-0.2, 0) is 4.74 Å². The standard InChI is InChI=1S/C5H13NO.ClH/c1-5(6-2)4-7-3;/h5-6H,4H2,1-3H3;1H/t5-;/m1./s1. The van der Waals surface area contributed by atoms with E-state index in [2.05, 4.69) is 12.2 Å². The minimum absolute atomic E-state index is 0. The minimum atomic E-state index is 0. The molecule has 0 aliphatic heterocycles. The van der Waals surface area contributed by atoms with Crippen LogP contribution in [-0.4, -0.2) is 26.8 Å². The fraction of sp³-hybridized carbons (Fsp3) is 1.00. The molecule has 2 nitrogen and oxygen atoms in total. The third-order valence-corrected chi connectivity index (χ3v) is 0.909. The molecule has 52 valence electrons. The van der Waals surface area contributed by atoms with Gasteiger partial charge in [0.15, 0.2) is 0 Å². The summed E-state index contributed by atoms with van der Waals surface area (Å²) in [5, 5.41) is 3.04. The van der Waals surface area contributed by atoms with Gasteiger partial charge in [0.1, 0.15) is 0 Å². The third kappa shape index (κ3) is 6.21. The van der Waals surface area contributed by atoms with Crippen molar-refractivity contribution in [3.8, 4) is 0 Å². The quantitative estimate of drug-likeness (QED) is 0.621. The summed E-state index contributed by atoms with van der Waals surface area (Å²) in [6.45, 7) is 2.86. The van der Waals surface area contributed by atoms with Gasteiger partial charge >= 0.3 is 0 Å². The van der Waals surface area contributed by atoms with Crippen molar-refractivity contribution < 1.29 is 4.74 Å². The van der Waals surface area contributed by atoms with Gasteiger partial charge in [0, 0.05) is 13.2 Å². The Bertz CT molecular complexity index is 43.4. The average Bonchev–Trinajstić information content (AvgIpc) is 1.68. The fourth-order valence-electron chi connectivity index (χ4n) is 0.333. The molecule has 0 aliphatic rings. The Balaban J connectivity index is 0. The Morgan fingerprint density at radius 3 is 2.25 bits per heavy atom. The molecule has 0 aromatic rings. The van der Waals surface area contributed by atoms with Crippen molar-refractivity contribution in [1.29, 1.82) is 0 Å². The maximum absolute atomic E-state index is 4.83. The first-order chi connectivity index (χ1) is 3.31. The Labute approximate surface area is 57.0 Å². The molecule has 0 radical (unpaired) electrons. The van der Waals surface area contributed by atoms with Gasteiger partial charge < -0.3 is 10.1 Å². The number of rotatable bonds is 3. The second kappa shape index (κ2) is 7.21. The predicted molar refractivity (Wildman–Crippen MR) is 37.6 cm³/mol. The molecule has 0 amide bonds. The van der Waals surface area contributed by atoms with E-state index in [1.165, 1.54) is 0 Å². The van der Waals surface area contributed by atoms with Gasteiger partial charge in [0.25, 0.3) is 0 Å². The number of likely N-dealkylation sites (N-methyl/N-ethyl adjacent to an activating group) is 1. The first-order valence-electron chi connectivity index (χ1n) is 2.47. The Kier molecular flexibility index (Phi) is 9.97. The van der Waals surface area contributed by atoms with Crippen LogP contribution < -0.4 is 5.32 Å². The molecule has 0 heterocycles. The number of halogens is 1. The van der Waals surface area contributed by atoms with E-state index in [1.807, 2.05) is 7.05 Å². The highest BCUT2D eigenvalue weighted by atomic mass is 35.5. The van der Waals surface area contributed by atoms with E-state index in [9.17, 15) is 0 Å². The smallest absolute Gasteiger partial charge is 0.0613 e. The average molecular weight is 140 g/mol. The molecule has 0 unspecified atom stereocenters. The van der Waals surface area contributed by atoms with Crippen LogP contribution >= 0.6 is 12.4 Å². The molecule has 0 rings (SSSR count). The topological polar surface area (TPSA) is 21.3 Å². The Morgan fingerprint density at radius 1 is 1.62 bits per heavy atom. The molecule has 0 spiro atoms. The van der Waals surface area contributed by atoms with E-state index in [1.54, 1.807) is 7.11 Å². The van der Waals surface area contributed by atoms with Crippen molar-refractivity contribution in [2.45, 2.75) is 13.0 Å². The zero-order valence-corrected chi connectivity index (χ0v) is 6.42. The van der Waals surface area contributed by atoms with Crippen LogP contribution in [0.2, 0.25) is 0 Å². The molecule has 0 fully saturated rings. The molecule has 1 atom stereocenters. The van der Waals surface area contributed by atoms with Gasteiger partial charge in [0.05, 0.1) is 6.61 Å². The van der Waals surface area contributed by atoms with E-state index in [0.717, 1.165) is 6.61 Å². The molecule has 0 aromatic carbocycles. The monoisotopic (exact) mass is 139 g/mol. The summed E-state index contributed by atoms with van der Waals surface area (Å²) >= 11 is 0. The van der Waals surface area contributed by atoms with Gasteiger partial charge in [-0.15, -0.1) is 12.4 Å². The molecule has 1 N–H and O–H groups in total. The van der Waals surface area contributed by atoms with Gasteiger partial charge in [0.2, 0.25) is 0 Å². The summed E-state index contributed by atoms with van der Waals surface area (Å²) in [7, 11) is 3.62. The number of hydrogen-bond donors (Lipinski definition) is 1. The van der Waals surface area contributed by atoms with Gasteiger partial charge in [-0.2, -0.15) is 0 Å². The van der Waals surface area contributed by atoms with E-state index >= 15 is 0 Å². The maximum Gasteiger partial charge on any atom is 0.0613 e. The molecule has 3 heteroatoms. The molecular formula is C5H14ClNO. The van der Waals surface area contributed by atoms with E-state index in [4.69, 9.17) is 4.74 Å². The highest BCUT2D eigenvalue weighted by Crippen LogP contribution is 1.76. The summed E-state index contributed by atoms with van der Waals surface area (Å²) in [4.78, 5) is 0. The lowest BCUT2D eigenvalue weighted by Gasteiger charge is -2.05. The van der Waals surface area contributed by atoms with Gasteiger partial charge in [-0.1, -0.05) is 0 Å². The first kappa shape index (κ1) is 11.1. The highest BCUT2D eigenvalue weighted by Gasteiger charge is 1.91. The van der Waals surface area contributed by atoms with Crippen LogP contribution in [0.5, 0.6) is 0 Å². The summed E-state index contributed by atoms with van der Waals surface area (Å²) in [6, 6.07) is 0.477. The van der Waals surface area contributed by atoms with Crippen molar-refractivity contribution in [2.75, 3.05) is 20.8 Å². The van der Waals surface area contributed by atoms with Gasteiger partial charge in [-0.3, -0.25) is 0 Å². The van der Waals surface area contributed by atoms with Crippen molar-refractivity contribution in [2.24, 2.45) is 0 Å². The van der Waals surface area contributed by atoms with Gasteiger partial charge in [-0.05, 0) is 14.0 Å². The SMILES string of the molecule is CN[C@H](C)COC.Cl. The third-order valence-electron chi connectivity index (χ3n) is 0.909. The largest absolute Gasteiger partial charge is 0.383 e. The molecule has 0 bridgehead atoms. The van der Waals surface area contributed by atoms with Crippen LogP contribution in [0.4, 0.5) is 0 Å². The summed E-state index contributed by atoms with van der Waals surface area (Å²) in [5.41, 5.74) is 0. The lowest BCUT2D eigenvalue weighted by atomic mass is 10.4. The zero-order valence-electron chi connectivity index (χ0n) is 5.60. The molecule has 0 saturated carbocycles. The van der Waals surface area contributed by atoms with Crippen LogP contribution in [0.3, 0.4) is 0 Å². The number of hydrogen-bond acceptors (Lipinski definition) is 2. The molecular weight excluding hydrogens is 126 g/mol. The van der Waals surface area contributed by atoms with Gasteiger partial charge in [-0.25, -0.2) is 0 Å². The lowest BCUT2D eigenvalue weighted by molar-refractivity contribution is 0.175. The Morgan fingerprint density at radius 2 is 2.12 bits per heavy atom. The summed E-state index contributed by atoms with van der Waals surface area (Å²) in [5.74, 6) is 0. The van der Waals surface area contributed by atoms with Crippen LogP contribution in [0.25, 0.3) is 0 Å². The van der Waals surface area contributed by atoms with Crippen molar-refractivity contribution in [1.82, 2.24) is 5.32 Å². The summed E-state index contributed by atoms with van der Waals surface area (Å²) in [6.07, 6.45) is 0.